The van der Waals surface area contributed by atoms with Crippen LogP contribution in [0.5, 0.6) is 0 Å². The molecule has 0 amide bonds. The summed E-state index contributed by atoms with van der Waals surface area (Å²) < 4.78 is 3.82. The van der Waals surface area contributed by atoms with Gasteiger partial charge in [0.25, 0.3) is 0 Å². The molecule has 6 heteroatoms. The molecule has 0 atom stereocenters. The van der Waals surface area contributed by atoms with E-state index < -0.39 is 0 Å². The van der Waals surface area contributed by atoms with Crippen LogP contribution in [0.2, 0.25) is 0 Å². The fourth-order valence-electron chi connectivity index (χ4n) is 1.81. The average Bonchev–Trinajstić information content (AvgIpc) is 3.05. The molecule has 3 heterocycles. The Morgan fingerprint density at radius 1 is 1.28 bits per heavy atom. The van der Waals surface area contributed by atoms with E-state index in [2.05, 4.69) is 27.2 Å². The summed E-state index contributed by atoms with van der Waals surface area (Å²) in [4.78, 5) is 12.9. The Labute approximate surface area is 104 Å². The largest absolute Gasteiger partial charge is 0.369 e. The minimum Gasteiger partial charge on any atom is -0.369 e. The Hall–Kier alpha value is -2.37. The minimum absolute atomic E-state index is 0.776. The van der Waals surface area contributed by atoms with Crippen LogP contribution < -0.4 is 5.32 Å². The average molecular weight is 242 g/mol. The highest BCUT2D eigenvalue weighted by atomic mass is 15.2. The maximum absolute atomic E-state index is 4.58. The number of nitrogens with one attached hydrogen (secondary N) is 1. The smallest absolute Gasteiger partial charge is 0.184 e. The number of anilines is 1. The van der Waals surface area contributed by atoms with E-state index in [1.807, 2.05) is 27.6 Å². The zero-order valence-corrected chi connectivity index (χ0v) is 10.1. The Kier molecular flexibility index (Phi) is 2.68. The van der Waals surface area contributed by atoms with Gasteiger partial charge in [-0.25, -0.2) is 15.0 Å². The summed E-state index contributed by atoms with van der Waals surface area (Å²) in [5, 5.41) is 3.29. The molecule has 0 radical (unpaired) electrons. The Bertz CT molecular complexity index is 640. The molecule has 0 saturated carbocycles. The molecule has 3 rings (SSSR count). The van der Waals surface area contributed by atoms with E-state index in [4.69, 9.17) is 0 Å². The van der Waals surface area contributed by atoms with Crippen LogP contribution in [0.1, 0.15) is 13.3 Å². The van der Waals surface area contributed by atoms with Crippen LogP contribution in [-0.2, 0) is 0 Å². The van der Waals surface area contributed by atoms with Crippen molar-refractivity contribution < 1.29 is 0 Å². The van der Waals surface area contributed by atoms with Crippen molar-refractivity contribution in [3.05, 3.63) is 37.3 Å². The van der Waals surface area contributed by atoms with Crippen LogP contribution in [0.3, 0.4) is 0 Å². The number of fused-ring (bicyclic) bond motifs is 1. The van der Waals surface area contributed by atoms with Crippen LogP contribution in [0, 0.1) is 0 Å². The van der Waals surface area contributed by atoms with Crippen LogP contribution in [0.4, 0.5) is 5.82 Å². The van der Waals surface area contributed by atoms with Gasteiger partial charge in [-0.1, -0.05) is 6.92 Å². The summed E-state index contributed by atoms with van der Waals surface area (Å²) in [7, 11) is 0. The molecule has 1 N–H and O–H groups in total. The topological polar surface area (TPSA) is 60.0 Å². The number of imidazole rings is 2. The molecule has 0 bridgehead atoms. The van der Waals surface area contributed by atoms with Gasteiger partial charge in [0.2, 0.25) is 0 Å². The van der Waals surface area contributed by atoms with E-state index in [0.717, 1.165) is 30.2 Å². The van der Waals surface area contributed by atoms with Crippen molar-refractivity contribution in [2.24, 2.45) is 0 Å². The van der Waals surface area contributed by atoms with Gasteiger partial charge in [-0.3, -0.25) is 4.57 Å². The number of hydrogen-bond donors (Lipinski definition) is 1. The molecule has 0 fully saturated rings. The lowest BCUT2D eigenvalue weighted by molar-refractivity contribution is 0.934. The van der Waals surface area contributed by atoms with Crippen molar-refractivity contribution in [1.82, 2.24) is 23.9 Å². The molecule has 3 aromatic rings. The van der Waals surface area contributed by atoms with E-state index >= 15 is 0 Å². The summed E-state index contributed by atoms with van der Waals surface area (Å²) in [5.41, 5.74) is 0.815. The molecule has 0 aromatic carbocycles. The molecule has 92 valence electrons. The second kappa shape index (κ2) is 4.48. The predicted octanol–water partition coefficient (Wildman–Crippen LogP) is 1.74. The molecule has 0 unspecified atom stereocenters. The molecule has 3 aromatic heterocycles. The number of rotatable bonds is 4. The Morgan fingerprint density at radius 2 is 2.22 bits per heavy atom. The summed E-state index contributed by atoms with van der Waals surface area (Å²) in [5.74, 6) is 1.62. The van der Waals surface area contributed by atoms with Crippen molar-refractivity contribution in [3.8, 4) is 5.82 Å². The Balaban J connectivity index is 2.12. The van der Waals surface area contributed by atoms with E-state index in [1.165, 1.54) is 0 Å². The number of nitrogens with zero attached hydrogens (tertiary/aromatic N) is 5. The van der Waals surface area contributed by atoms with Gasteiger partial charge in [0.15, 0.2) is 11.5 Å². The van der Waals surface area contributed by atoms with Crippen molar-refractivity contribution >= 4 is 11.5 Å². The van der Waals surface area contributed by atoms with Crippen LogP contribution >= 0.6 is 0 Å². The van der Waals surface area contributed by atoms with Crippen LogP contribution in [0.25, 0.3) is 11.5 Å². The fraction of sp³-hybridized carbons (Fsp3) is 0.250. The van der Waals surface area contributed by atoms with Gasteiger partial charge in [0.1, 0.15) is 12.1 Å². The molecule has 6 nitrogen and oxygen atoms in total. The van der Waals surface area contributed by atoms with Gasteiger partial charge in [0.05, 0.1) is 6.20 Å². The molecular weight excluding hydrogens is 228 g/mol. The second-order valence-corrected chi connectivity index (χ2v) is 4.00. The van der Waals surface area contributed by atoms with Gasteiger partial charge in [0, 0.05) is 31.3 Å². The second-order valence-electron chi connectivity index (χ2n) is 4.00. The molecule has 0 spiro atoms. The van der Waals surface area contributed by atoms with E-state index in [0.29, 0.717) is 0 Å². The predicted molar refractivity (Wildman–Crippen MR) is 68.9 cm³/mol. The zero-order valence-electron chi connectivity index (χ0n) is 10.1. The monoisotopic (exact) mass is 242 g/mol. The normalized spacial score (nSPS) is 10.9. The minimum atomic E-state index is 0.776. The van der Waals surface area contributed by atoms with Crippen LogP contribution in [0.15, 0.2) is 37.3 Å². The third kappa shape index (κ3) is 1.81. The highest BCUT2D eigenvalue weighted by molar-refractivity contribution is 5.58. The standard InChI is InChI=1S/C12H14N6/c1-2-3-14-10-8-17-7-5-15-11(17)12(16-10)18-6-4-13-9-18/h4-9,14H,2-3H2,1H3. The first kappa shape index (κ1) is 10.8. The fourth-order valence-corrected chi connectivity index (χ4v) is 1.81. The molecular formula is C12H14N6. The third-order valence-corrected chi connectivity index (χ3v) is 2.66. The van der Waals surface area contributed by atoms with Crippen molar-refractivity contribution in [1.29, 1.82) is 0 Å². The van der Waals surface area contributed by atoms with Crippen molar-refractivity contribution in [2.45, 2.75) is 13.3 Å². The van der Waals surface area contributed by atoms with E-state index in [-0.39, 0.29) is 0 Å². The SMILES string of the molecule is CCCNc1cn2ccnc2c(-n2ccnc2)n1. The van der Waals surface area contributed by atoms with Gasteiger partial charge in [-0.05, 0) is 6.42 Å². The van der Waals surface area contributed by atoms with Gasteiger partial charge in [-0.2, -0.15) is 0 Å². The van der Waals surface area contributed by atoms with Gasteiger partial charge < -0.3 is 9.72 Å². The molecule has 18 heavy (non-hydrogen) atoms. The first-order chi connectivity index (χ1) is 8.88. The number of hydrogen-bond acceptors (Lipinski definition) is 4. The molecule has 0 saturated heterocycles. The van der Waals surface area contributed by atoms with E-state index in [1.54, 1.807) is 18.7 Å². The zero-order chi connectivity index (χ0) is 12.4. The highest BCUT2D eigenvalue weighted by Crippen LogP contribution is 2.15. The highest BCUT2D eigenvalue weighted by Gasteiger charge is 2.08. The Morgan fingerprint density at radius 3 is 3.00 bits per heavy atom. The maximum atomic E-state index is 4.58. The first-order valence-electron chi connectivity index (χ1n) is 5.94. The lowest BCUT2D eigenvalue weighted by Crippen LogP contribution is -2.07. The maximum Gasteiger partial charge on any atom is 0.184 e. The van der Waals surface area contributed by atoms with Gasteiger partial charge >= 0.3 is 0 Å². The van der Waals surface area contributed by atoms with Crippen molar-refractivity contribution in [3.63, 3.8) is 0 Å². The van der Waals surface area contributed by atoms with Gasteiger partial charge in [-0.15, -0.1) is 0 Å². The quantitative estimate of drug-likeness (QED) is 0.757. The summed E-state index contributed by atoms with van der Waals surface area (Å²) >= 11 is 0. The van der Waals surface area contributed by atoms with Crippen LogP contribution in [-0.4, -0.2) is 30.5 Å². The lowest BCUT2D eigenvalue weighted by Gasteiger charge is -2.08. The molecule has 0 aliphatic carbocycles. The lowest BCUT2D eigenvalue weighted by atomic mass is 10.4. The first-order valence-corrected chi connectivity index (χ1v) is 5.94. The molecule has 0 aliphatic heterocycles. The molecule has 0 aliphatic rings. The summed E-state index contributed by atoms with van der Waals surface area (Å²) in [6.07, 6.45) is 12.0. The van der Waals surface area contributed by atoms with Crippen molar-refractivity contribution in [2.75, 3.05) is 11.9 Å². The van der Waals surface area contributed by atoms with E-state index in [9.17, 15) is 0 Å². The third-order valence-electron chi connectivity index (χ3n) is 2.66. The summed E-state index contributed by atoms with van der Waals surface area (Å²) in [6.45, 7) is 3.02. The summed E-state index contributed by atoms with van der Waals surface area (Å²) in [6, 6.07) is 0. The number of aromatic nitrogens is 5.